The van der Waals surface area contributed by atoms with Crippen molar-refractivity contribution in [3.63, 3.8) is 0 Å². The van der Waals surface area contributed by atoms with Crippen molar-refractivity contribution in [3.05, 3.63) is 87.4 Å². The van der Waals surface area contributed by atoms with E-state index in [0.717, 1.165) is 4.88 Å². The highest BCUT2D eigenvalue weighted by Crippen LogP contribution is 2.43. The summed E-state index contributed by atoms with van der Waals surface area (Å²) in [5.74, 6) is -1.97. The number of ether oxygens (including phenoxy) is 2. The van der Waals surface area contributed by atoms with Gasteiger partial charge < -0.3 is 19.5 Å². The molecule has 1 saturated heterocycles. The molecule has 0 radical (unpaired) electrons. The smallest absolute Gasteiger partial charge is 0.295 e. The molecule has 3 aromatic rings. The maximum absolute atomic E-state index is 14.8. The lowest BCUT2D eigenvalue weighted by Crippen LogP contribution is -2.29. The van der Waals surface area contributed by atoms with Gasteiger partial charge in [-0.3, -0.25) is 9.59 Å². The molecule has 32 heavy (non-hydrogen) atoms. The van der Waals surface area contributed by atoms with Crippen LogP contribution in [0, 0.1) is 5.82 Å². The van der Waals surface area contributed by atoms with E-state index >= 15 is 0 Å². The van der Waals surface area contributed by atoms with E-state index in [1.165, 1.54) is 54.7 Å². The molecule has 0 spiro atoms. The van der Waals surface area contributed by atoms with Crippen LogP contribution in [0.15, 0.2) is 65.6 Å². The Balaban J connectivity index is 1.91. The normalized spacial score (nSPS) is 17.6. The molecule has 2 aromatic carbocycles. The summed E-state index contributed by atoms with van der Waals surface area (Å²) in [6, 6.07) is 13.1. The number of halogens is 1. The van der Waals surface area contributed by atoms with E-state index in [2.05, 4.69) is 0 Å². The van der Waals surface area contributed by atoms with Crippen LogP contribution < -0.4 is 9.47 Å². The molecular weight excluding hydrogens is 433 g/mol. The molecule has 1 atom stereocenters. The number of nitrogens with zero attached hydrogens (tertiary/aromatic N) is 1. The summed E-state index contributed by atoms with van der Waals surface area (Å²) >= 11 is 1.42. The van der Waals surface area contributed by atoms with Crippen LogP contribution >= 0.6 is 11.3 Å². The van der Waals surface area contributed by atoms with E-state index in [0.29, 0.717) is 5.75 Å². The van der Waals surface area contributed by atoms with Crippen molar-refractivity contribution in [2.24, 2.45) is 0 Å². The van der Waals surface area contributed by atoms with Crippen molar-refractivity contribution < 1.29 is 28.6 Å². The number of rotatable bonds is 6. The molecule has 164 valence electrons. The summed E-state index contributed by atoms with van der Waals surface area (Å²) in [4.78, 5) is 28.2. The summed E-state index contributed by atoms with van der Waals surface area (Å²) in [6.45, 7) is 0.109. The average Bonchev–Trinajstić information content (AvgIpc) is 3.41. The number of carbonyl (C=O) groups is 2. The molecule has 6 nitrogen and oxygen atoms in total. The lowest BCUT2D eigenvalue weighted by atomic mass is 9.94. The topological polar surface area (TPSA) is 76.1 Å². The van der Waals surface area contributed by atoms with E-state index in [9.17, 15) is 19.1 Å². The van der Waals surface area contributed by atoms with E-state index in [4.69, 9.17) is 9.47 Å². The fraction of sp³-hybridized carbons (Fsp3) is 0.167. The Morgan fingerprint density at radius 3 is 2.53 bits per heavy atom. The van der Waals surface area contributed by atoms with Crippen molar-refractivity contribution in [1.82, 2.24) is 4.90 Å². The van der Waals surface area contributed by atoms with Gasteiger partial charge >= 0.3 is 0 Å². The Kier molecular flexibility index (Phi) is 5.96. The van der Waals surface area contributed by atoms with Gasteiger partial charge in [0, 0.05) is 16.5 Å². The highest BCUT2D eigenvalue weighted by molar-refractivity contribution is 7.09. The minimum atomic E-state index is -1.09. The average molecular weight is 453 g/mol. The fourth-order valence-corrected chi connectivity index (χ4v) is 4.48. The van der Waals surface area contributed by atoms with Gasteiger partial charge in [0.05, 0.1) is 37.9 Å². The van der Waals surface area contributed by atoms with Crippen LogP contribution in [0.25, 0.3) is 5.76 Å². The number of thiophene rings is 1. The zero-order chi connectivity index (χ0) is 22.8. The molecular formula is C24H20FNO5S. The lowest BCUT2D eigenvalue weighted by Gasteiger charge is -2.25. The molecule has 1 fully saturated rings. The number of Topliss-reactive ketones (excluding diaryl/α,β-unsaturated/α-hetero) is 1. The Morgan fingerprint density at radius 2 is 1.88 bits per heavy atom. The van der Waals surface area contributed by atoms with Crippen LogP contribution in [0.4, 0.5) is 4.39 Å². The first-order valence-corrected chi connectivity index (χ1v) is 10.6. The van der Waals surface area contributed by atoms with Crippen LogP contribution in [0.3, 0.4) is 0 Å². The third-order valence-electron chi connectivity index (χ3n) is 5.31. The quantitative estimate of drug-likeness (QED) is 0.337. The van der Waals surface area contributed by atoms with Gasteiger partial charge in [0.1, 0.15) is 23.1 Å². The predicted octanol–water partition coefficient (Wildman–Crippen LogP) is 4.53. The van der Waals surface area contributed by atoms with Gasteiger partial charge in [-0.1, -0.05) is 24.3 Å². The third kappa shape index (κ3) is 3.73. The van der Waals surface area contributed by atoms with Gasteiger partial charge in [0.2, 0.25) is 0 Å². The van der Waals surface area contributed by atoms with Gasteiger partial charge in [-0.15, -0.1) is 11.3 Å². The number of ketones is 1. The number of benzene rings is 2. The first-order chi connectivity index (χ1) is 15.5. The molecule has 2 heterocycles. The molecule has 1 aliphatic rings. The van der Waals surface area contributed by atoms with Crippen LogP contribution in [-0.4, -0.2) is 35.9 Å². The monoisotopic (exact) mass is 453 g/mol. The number of methoxy groups -OCH3 is 2. The lowest BCUT2D eigenvalue weighted by molar-refractivity contribution is -0.140. The Bertz CT molecular complexity index is 1200. The predicted molar refractivity (Wildman–Crippen MR) is 118 cm³/mol. The number of hydrogen-bond donors (Lipinski definition) is 1. The molecule has 8 heteroatoms. The first kappa shape index (κ1) is 21.6. The summed E-state index contributed by atoms with van der Waals surface area (Å²) in [6.07, 6.45) is 0. The molecule has 1 N–H and O–H groups in total. The van der Waals surface area contributed by atoms with Crippen molar-refractivity contribution >= 4 is 28.8 Å². The van der Waals surface area contributed by atoms with E-state index in [1.54, 1.807) is 18.2 Å². The molecule has 1 unspecified atom stereocenters. The van der Waals surface area contributed by atoms with Crippen molar-refractivity contribution in [2.45, 2.75) is 12.6 Å². The molecule has 4 rings (SSSR count). The number of aliphatic hydroxyl groups excluding tert-OH is 1. The zero-order valence-corrected chi connectivity index (χ0v) is 18.2. The highest BCUT2D eigenvalue weighted by Gasteiger charge is 2.47. The number of carbonyl (C=O) groups excluding carboxylic acids is 2. The second kappa shape index (κ2) is 8.84. The van der Waals surface area contributed by atoms with Gasteiger partial charge in [-0.05, 0) is 29.6 Å². The molecule has 1 amide bonds. The molecule has 0 aliphatic carbocycles. The molecule has 1 aromatic heterocycles. The molecule has 0 saturated carbocycles. The summed E-state index contributed by atoms with van der Waals surface area (Å²) in [7, 11) is 2.90. The summed E-state index contributed by atoms with van der Waals surface area (Å²) in [5, 5.41) is 13.0. The SMILES string of the molecule is COc1ccc(/C(O)=C2\C(=O)C(=O)N(Cc3cccs3)C2c2ccccc2F)c(OC)c1. The van der Waals surface area contributed by atoms with E-state index in [-0.39, 0.29) is 29.0 Å². The van der Waals surface area contributed by atoms with Gasteiger partial charge in [0.25, 0.3) is 11.7 Å². The maximum atomic E-state index is 14.8. The Labute approximate surface area is 188 Å². The minimum absolute atomic E-state index is 0.109. The molecule has 0 bridgehead atoms. The zero-order valence-electron chi connectivity index (χ0n) is 17.4. The maximum Gasteiger partial charge on any atom is 0.295 e. The van der Waals surface area contributed by atoms with Crippen molar-refractivity contribution in [1.29, 1.82) is 0 Å². The molecule has 1 aliphatic heterocycles. The second-order valence-electron chi connectivity index (χ2n) is 7.09. The number of hydrogen-bond acceptors (Lipinski definition) is 6. The fourth-order valence-electron chi connectivity index (χ4n) is 3.77. The van der Waals surface area contributed by atoms with Crippen molar-refractivity contribution in [3.8, 4) is 11.5 Å². The largest absolute Gasteiger partial charge is 0.507 e. The first-order valence-electron chi connectivity index (χ1n) is 9.74. The number of likely N-dealkylation sites (tertiary alicyclic amines) is 1. The Morgan fingerprint density at radius 1 is 1.09 bits per heavy atom. The third-order valence-corrected chi connectivity index (χ3v) is 6.17. The van der Waals surface area contributed by atoms with Crippen LogP contribution in [0.5, 0.6) is 11.5 Å². The second-order valence-corrected chi connectivity index (χ2v) is 8.13. The van der Waals surface area contributed by atoms with E-state index in [1.807, 2.05) is 17.5 Å². The van der Waals surface area contributed by atoms with E-state index < -0.39 is 29.3 Å². The van der Waals surface area contributed by atoms with Gasteiger partial charge in [0.15, 0.2) is 0 Å². The number of aliphatic hydroxyl groups is 1. The summed E-state index contributed by atoms with van der Waals surface area (Å²) < 4.78 is 25.4. The minimum Gasteiger partial charge on any atom is -0.507 e. The highest BCUT2D eigenvalue weighted by atomic mass is 32.1. The summed E-state index contributed by atoms with van der Waals surface area (Å²) in [5.41, 5.74) is 0.126. The van der Waals surface area contributed by atoms with Gasteiger partial charge in [-0.2, -0.15) is 0 Å². The van der Waals surface area contributed by atoms with Crippen LogP contribution in [0.2, 0.25) is 0 Å². The van der Waals surface area contributed by atoms with Crippen LogP contribution in [0.1, 0.15) is 22.0 Å². The van der Waals surface area contributed by atoms with Crippen molar-refractivity contribution in [2.75, 3.05) is 14.2 Å². The standard InChI is InChI=1S/C24H20FNO5S/c1-30-14-9-10-17(19(12-14)31-2)22(27)20-21(16-7-3-4-8-18(16)25)26(24(29)23(20)28)13-15-6-5-11-32-15/h3-12,21,27H,13H2,1-2H3/b22-20+. The number of amides is 1. The Hall–Kier alpha value is -3.65. The van der Waals surface area contributed by atoms with Gasteiger partial charge in [-0.25, -0.2) is 4.39 Å². The van der Waals surface area contributed by atoms with Crippen LogP contribution in [-0.2, 0) is 16.1 Å².